The van der Waals surface area contributed by atoms with Crippen LogP contribution in [0, 0.1) is 6.92 Å². The molecule has 3 heterocycles. The Morgan fingerprint density at radius 1 is 1.00 bits per heavy atom. The highest BCUT2D eigenvalue weighted by Crippen LogP contribution is 2.44. The van der Waals surface area contributed by atoms with Crippen LogP contribution in [0.15, 0.2) is 46.2 Å². The van der Waals surface area contributed by atoms with Gasteiger partial charge in [-0.15, -0.1) is 0 Å². The Morgan fingerprint density at radius 3 is 2.61 bits per heavy atom. The summed E-state index contributed by atoms with van der Waals surface area (Å²) in [4.78, 5) is 21.8. The standard InChI is InChI=1S/C25H30ClN3OS/c1-18-4-5-19-16-22(21-17-20(26)6-7-23(21)31-24(19)15-18)28-12-9-27(10-13-28)11-14-29-8-2-3-25(29)30/h4-7,15,17,22H,2-3,8-14,16H2,1H3. The summed E-state index contributed by atoms with van der Waals surface area (Å²) in [6.07, 6.45) is 2.78. The molecule has 3 aliphatic rings. The summed E-state index contributed by atoms with van der Waals surface area (Å²) in [6.45, 7) is 9.20. The van der Waals surface area contributed by atoms with E-state index in [-0.39, 0.29) is 0 Å². The van der Waals surface area contributed by atoms with Gasteiger partial charge in [-0.05, 0) is 60.7 Å². The Hall–Kier alpha value is -1.53. The first-order chi connectivity index (χ1) is 15.1. The highest BCUT2D eigenvalue weighted by Gasteiger charge is 2.30. The van der Waals surface area contributed by atoms with Crippen molar-refractivity contribution < 1.29 is 4.79 Å². The van der Waals surface area contributed by atoms with Gasteiger partial charge < -0.3 is 4.90 Å². The molecule has 6 heteroatoms. The van der Waals surface area contributed by atoms with Crippen molar-refractivity contribution in [3.05, 3.63) is 58.1 Å². The maximum atomic E-state index is 11.9. The van der Waals surface area contributed by atoms with Crippen LogP contribution in [0.25, 0.3) is 0 Å². The minimum Gasteiger partial charge on any atom is -0.341 e. The number of amides is 1. The van der Waals surface area contributed by atoms with Gasteiger partial charge in [0.15, 0.2) is 0 Å². The van der Waals surface area contributed by atoms with E-state index in [1.807, 2.05) is 22.7 Å². The molecule has 2 saturated heterocycles. The fourth-order valence-corrected chi connectivity index (χ4v) is 6.46. The van der Waals surface area contributed by atoms with Gasteiger partial charge in [-0.2, -0.15) is 0 Å². The van der Waals surface area contributed by atoms with Gasteiger partial charge in [-0.1, -0.05) is 35.5 Å². The summed E-state index contributed by atoms with van der Waals surface area (Å²) >= 11 is 8.32. The molecule has 31 heavy (non-hydrogen) atoms. The Labute approximate surface area is 194 Å². The lowest BCUT2D eigenvalue weighted by Crippen LogP contribution is -2.49. The molecule has 0 aliphatic carbocycles. The van der Waals surface area contributed by atoms with E-state index in [9.17, 15) is 4.79 Å². The average Bonchev–Trinajstić information content (AvgIpc) is 3.11. The van der Waals surface area contributed by atoms with Crippen molar-refractivity contribution in [1.82, 2.24) is 14.7 Å². The molecule has 0 N–H and O–H groups in total. The summed E-state index contributed by atoms with van der Waals surface area (Å²) in [7, 11) is 0. The Morgan fingerprint density at radius 2 is 1.84 bits per heavy atom. The van der Waals surface area contributed by atoms with E-state index in [0.717, 1.165) is 70.1 Å². The molecule has 5 rings (SSSR count). The van der Waals surface area contributed by atoms with Crippen LogP contribution in [0.5, 0.6) is 0 Å². The summed E-state index contributed by atoms with van der Waals surface area (Å²) in [5.74, 6) is 0.331. The molecular formula is C25H30ClN3OS. The lowest BCUT2D eigenvalue weighted by atomic mass is 9.96. The number of benzene rings is 2. The number of halogens is 1. The summed E-state index contributed by atoms with van der Waals surface area (Å²) in [5, 5.41) is 0.820. The summed E-state index contributed by atoms with van der Waals surface area (Å²) in [6, 6.07) is 13.6. The molecule has 2 aromatic carbocycles. The largest absolute Gasteiger partial charge is 0.341 e. The normalized spacial score (nSPS) is 22.3. The number of fused-ring (bicyclic) bond motifs is 2. The molecule has 2 aromatic rings. The lowest BCUT2D eigenvalue weighted by molar-refractivity contribution is -0.127. The number of nitrogens with zero attached hydrogens (tertiary/aromatic N) is 3. The van der Waals surface area contributed by atoms with Crippen LogP contribution in [0.2, 0.25) is 5.02 Å². The molecule has 1 atom stereocenters. The predicted molar refractivity (Wildman–Crippen MR) is 127 cm³/mol. The minimum atomic E-state index is 0.331. The second kappa shape index (κ2) is 9.14. The van der Waals surface area contributed by atoms with E-state index in [4.69, 9.17) is 11.6 Å². The van der Waals surface area contributed by atoms with Gasteiger partial charge in [0.05, 0.1) is 0 Å². The zero-order valence-corrected chi connectivity index (χ0v) is 19.7. The van der Waals surface area contributed by atoms with E-state index in [0.29, 0.717) is 11.9 Å². The summed E-state index contributed by atoms with van der Waals surface area (Å²) in [5.41, 5.74) is 4.11. The van der Waals surface area contributed by atoms with E-state index in [1.165, 1.54) is 26.5 Å². The van der Waals surface area contributed by atoms with Crippen LogP contribution in [-0.2, 0) is 11.2 Å². The topological polar surface area (TPSA) is 26.8 Å². The zero-order chi connectivity index (χ0) is 21.4. The second-order valence-corrected chi connectivity index (χ2v) is 10.5. The number of rotatable bonds is 4. The third-order valence-corrected chi connectivity index (χ3v) is 8.32. The monoisotopic (exact) mass is 455 g/mol. The SMILES string of the molecule is Cc1ccc2c(c1)Sc1ccc(Cl)cc1C(N1CCN(CCN3CCCC3=O)CC1)C2. The smallest absolute Gasteiger partial charge is 0.222 e. The molecule has 0 radical (unpaired) electrons. The number of carbonyl (C=O) groups excluding carboxylic acids is 1. The van der Waals surface area contributed by atoms with Crippen molar-refractivity contribution in [2.24, 2.45) is 0 Å². The van der Waals surface area contributed by atoms with Crippen molar-refractivity contribution in [3.63, 3.8) is 0 Å². The fourth-order valence-electron chi connectivity index (χ4n) is 5.06. The van der Waals surface area contributed by atoms with Crippen molar-refractivity contribution in [2.45, 2.75) is 42.0 Å². The highest BCUT2D eigenvalue weighted by atomic mass is 35.5. The van der Waals surface area contributed by atoms with E-state index in [2.05, 4.69) is 47.1 Å². The van der Waals surface area contributed by atoms with Gasteiger partial charge in [0, 0.05) is 73.1 Å². The lowest BCUT2D eigenvalue weighted by Gasteiger charge is -2.40. The van der Waals surface area contributed by atoms with Crippen LogP contribution in [0.4, 0.5) is 0 Å². The van der Waals surface area contributed by atoms with Gasteiger partial charge in [0.1, 0.15) is 0 Å². The van der Waals surface area contributed by atoms with E-state index >= 15 is 0 Å². The zero-order valence-electron chi connectivity index (χ0n) is 18.1. The number of aryl methyl sites for hydroxylation is 1. The van der Waals surface area contributed by atoms with Gasteiger partial charge in [0.25, 0.3) is 0 Å². The Bertz CT molecular complexity index is 973. The number of hydrogen-bond donors (Lipinski definition) is 0. The summed E-state index contributed by atoms with van der Waals surface area (Å²) < 4.78 is 0. The van der Waals surface area contributed by atoms with Crippen LogP contribution in [0.3, 0.4) is 0 Å². The maximum absolute atomic E-state index is 11.9. The quantitative estimate of drug-likeness (QED) is 0.671. The third kappa shape index (κ3) is 4.65. The molecule has 0 saturated carbocycles. The van der Waals surface area contributed by atoms with Crippen molar-refractivity contribution in [2.75, 3.05) is 45.8 Å². The van der Waals surface area contributed by atoms with Crippen LogP contribution >= 0.6 is 23.4 Å². The van der Waals surface area contributed by atoms with Gasteiger partial charge in [0.2, 0.25) is 5.91 Å². The molecular weight excluding hydrogens is 426 g/mol. The average molecular weight is 456 g/mol. The first kappa shape index (κ1) is 21.3. The highest BCUT2D eigenvalue weighted by molar-refractivity contribution is 7.99. The van der Waals surface area contributed by atoms with Gasteiger partial charge >= 0.3 is 0 Å². The molecule has 0 bridgehead atoms. The van der Waals surface area contributed by atoms with Crippen molar-refractivity contribution in [3.8, 4) is 0 Å². The molecule has 1 amide bonds. The molecule has 2 fully saturated rings. The first-order valence-corrected chi connectivity index (χ1v) is 12.6. The van der Waals surface area contributed by atoms with Crippen molar-refractivity contribution >= 4 is 29.3 Å². The van der Waals surface area contributed by atoms with Gasteiger partial charge in [-0.3, -0.25) is 14.6 Å². The molecule has 0 aromatic heterocycles. The third-order valence-electron chi connectivity index (χ3n) is 6.89. The Kier molecular flexibility index (Phi) is 6.29. The second-order valence-electron chi connectivity index (χ2n) is 8.98. The predicted octanol–water partition coefficient (Wildman–Crippen LogP) is 4.64. The minimum absolute atomic E-state index is 0.331. The molecule has 3 aliphatic heterocycles. The molecule has 0 spiro atoms. The maximum Gasteiger partial charge on any atom is 0.222 e. The van der Waals surface area contributed by atoms with E-state index < -0.39 is 0 Å². The fraction of sp³-hybridized carbons (Fsp3) is 0.480. The van der Waals surface area contributed by atoms with Crippen LogP contribution in [-0.4, -0.2) is 66.4 Å². The van der Waals surface area contributed by atoms with Gasteiger partial charge in [-0.25, -0.2) is 0 Å². The van der Waals surface area contributed by atoms with Crippen LogP contribution < -0.4 is 0 Å². The number of carbonyl (C=O) groups is 1. The molecule has 1 unspecified atom stereocenters. The molecule has 164 valence electrons. The van der Waals surface area contributed by atoms with Crippen molar-refractivity contribution in [1.29, 1.82) is 0 Å². The number of likely N-dealkylation sites (tertiary alicyclic amines) is 1. The van der Waals surface area contributed by atoms with E-state index in [1.54, 1.807) is 0 Å². The van der Waals surface area contributed by atoms with Crippen LogP contribution in [0.1, 0.15) is 35.6 Å². The Balaban J connectivity index is 1.30. The number of piperazine rings is 1. The molecule has 4 nitrogen and oxygen atoms in total. The first-order valence-electron chi connectivity index (χ1n) is 11.4. The number of hydrogen-bond acceptors (Lipinski definition) is 4.